The van der Waals surface area contributed by atoms with Gasteiger partial charge in [0.25, 0.3) is 5.69 Å². The third kappa shape index (κ3) is 5.29. The van der Waals surface area contributed by atoms with Crippen molar-refractivity contribution >= 4 is 40.7 Å². The molecule has 0 saturated heterocycles. The molecule has 1 N–H and O–H groups in total. The number of anilines is 1. The van der Waals surface area contributed by atoms with E-state index in [2.05, 4.69) is 5.32 Å². The van der Waals surface area contributed by atoms with E-state index in [0.29, 0.717) is 21.5 Å². The zero-order valence-corrected chi connectivity index (χ0v) is 13.7. The molecule has 0 aliphatic rings. The molecule has 7 nitrogen and oxygen atoms in total. The molecular weight excluding hydrogens is 359 g/mol. The molecule has 0 aromatic heterocycles. The van der Waals surface area contributed by atoms with Gasteiger partial charge < -0.3 is 9.47 Å². The molecule has 2 rings (SSSR count). The van der Waals surface area contributed by atoms with Crippen LogP contribution in [0.4, 0.5) is 16.2 Å². The van der Waals surface area contributed by atoms with Crippen LogP contribution in [-0.2, 0) is 4.74 Å². The van der Waals surface area contributed by atoms with Crippen LogP contribution in [0, 0.1) is 10.1 Å². The van der Waals surface area contributed by atoms with Gasteiger partial charge in [0.15, 0.2) is 0 Å². The highest BCUT2D eigenvalue weighted by Gasteiger charge is 2.08. The number of nitro benzene ring substituents is 1. The van der Waals surface area contributed by atoms with Crippen molar-refractivity contribution in [3.8, 4) is 5.75 Å². The summed E-state index contributed by atoms with van der Waals surface area (Å²) in [4.78, 5) is 21.6. The molecule has 0 aliphatic heterocycles. The molecule has 0 radical (unpaired) electrons. The highest BCUT2D eigenvalue weighted by atomic mass is 35.5. The summed E-state index contributed by atoms with van der Waals surface area (Å²) in [7, 11) is 0. The Labute approximate surface area is 147 Å². The second-order valence-corrected chi connectivity index (χ2v) is 5.33. The Morgan fingerprint density at radius 2 is 1.83 bits per heavy atom. The smallest absolute Gasteiger partial charge is 0.411 e. The Kier molecular flexibility index (Phi) is 6.22. The van der Waals surface area contributed by atoms with E-state index in [0.717, 1.165) is 0 Å². The Morgan fingerprint density at radius 3 is 2.46 bits per heavy atom. The number of carbonyl (C=O) groups excluding carboxylic acids is 1. The molecule has 0 fully saturated rings. The average molecular weight is 371 g/mol. The van der Waals surface area contributed by atoms with Crippen LogP contribution in [-0.4, -0.2) is 24.2 Å². The van der Waals surface area contributed by atoms with Crippen molar-refractivity contribution in [2.75, 3.05) is 18.5 Å². The molecule has 2 aromatic carbocycles. The molecule has 0 heterocycles. The van der Waals surface area contributed by atoms with Crippen molar-refractivity contribution in [3.05, 3.63) is 62.6 Å². The molecule has 0 aliphatic carbocycles. The number of carbonyl (C=O) groups is 1. The second kappa shape index (κ2) is 8.37. The lowest BCUT2D eigenvalue weighted by atomic mass is 10.3. The zero-order chi connectivity index (χ0) is 17.5. The molecule has 0 unspecified atom stereocenters. The third-order valence-electron chi connectivity index (χ3n) is 2.80. The first-order chi connectivity index (χ1) is 11.5. The maximum absolute atomic E-state index is 11.6. The van der Waals surface area contributed by atoms with Gasteiger partial charge in [-0.25, -0.2) is 4.79 Å². The Morgan fingerprint density at radius 1 is 1.12 bits per heavy atom. The van der Waals surface area contributed by atoms with E-state index in [1.807, 2.05) is 0 Å². The van der Waals surface area contributed by atoms with E-state index in [9.17, 15) is 14.9 Å². The molecule has 126 valence electrons. The molecule has 0 spiro atoms. The van der Waals surface area contributed by atoms with E-state index in [-0.39, 0.29) is 18.9 Å². The van der Waals surface area contributed by atoms with Crippen molar-refractivity contribution in [3.63, 3.8) is 0 Å². The van der Waals surface area contributed by atoms with Crippen LogP contribution in [0.5, 0.6) is 5.75 Å². The second-order valence-electron chi connectivity index (χ2n) is 4.48. The fourth-order valence-electron chi connectivity index (χ4n) is 1.69. The predicted octanol–water partition coefficient (Wildman–Crippen LogP) is 4.53. The van der Waals surface area contributed by atoms with E-state index in [1.54, 1.807) is 12.1 Å². The van der Waals surface area contributed by atoms with Gasteiger partial charge >= 0.3 is 6.09 Å². The molecule has 24 heavy (non-hydrogen) atoms. The average Bonchev–Trinajstić information content (AvgIpc) is 2.55. The van der Waals surface area contributed by atoms with Gasteiger partial charge in [-0.1, -0.05) is 23.2 Å². The van der Waals surface area contributed by atoms with Crippen LogP contribution in [0.2, 0.25) is 10.0 Å². The molecule has 9 heteroatoms. The predicted molar refractivity (Wildman–Crippen MR) is 90.0 cm³/mol. The van der Waals surface area contributed by atoms with Gasteiger partial charge in [0.05, 0.1) is 15.6 Å². The summed E-state index contributed by atoms with van der Waals surface area (Å²) in [6.45, 7) is 0.0909. The van der Waals surface area contributed by atoms with E-state index in [1.165, 1.54) is 30.3 Å². The van der Waals surface area contributed by atoms with Crippen LogP contribution in [0.15, 0.2) is 42.5 Å². The summed E-state index contributed by atoms with van der Waals surface area (Å²) in [6.07, 6.45) is -0.688. The fraction of sp³-hybridized carbons (Fsp3) is 0.133. The minimum Gasteiger partial charge on any atom is -0.490 e. The van der Waals surface area contributed by atoms with Gasteiger partial charge in [-0.2, -0.15) is 0 Å². The number of nitrogens with one attached hydrogen (secondary N) is 1. The van der Waals surface area contributed by atoms with Crippen molar-refractivity contribution in [1.29, 1.82) is 0 Å². The highest BCUT2D eigenvalue weighted by molar-refractivity contribution is 6.36. The van der Waals surface area contributed by atoms with E-state index in [4.69, 9.17) is 32.7 Å². The number of halogens is 2. The number of amides is 1. The lowest BCUT2D eigenvalue weighted by Crippen LogP contribution is -2.17. The molecule has 0 bridgehead atoms. The standard InChI is InChI=1S/C15H12Cl2N2O5/c16-10-1-6-14(13(17)9-10)18-15(20)24-8-7-23-12-4-2-11(3-5-12)19(21)22/h1-6,9H,7-8H2,(H,18,20). The highest BCUT2D eigenvalue weighted by Crippen LogP contribution is 2.25. The first-order valence-electron chi connectivity index (χ1n) is 6.72. The quantitative estimate of drug-likeness (QED) is 0.458. The third-order valence-corrected chi connectivity index (χ3v) is 3.35. The SMILES string of the molecule is O=C(Nc1ccc(Cl)cc1Cl)OCCOc1ccc([N+](=O)[O-])cc1. The van der Waals surface area contributed by atoms with E-state index < -0.39 is 11.0 Å². The topological polar surface area (TPSA) is 90.7 Å². The number of nitro groups is 1. The monoisotopic (exact) mass is 370 g/mol. The van der Waals surface area contributed by atoms with Gasteiger partial charge in [-0.3, -0.25) is 15.4 Å². The number of rotatable bonds is 6. The van der Waals surface area contributed by atoms with Gasteiger partial charge in [0.1, 0.15) is 19.0 Å². The number of non-ortho nitro benzene ring substituents is 1. The van der Waals surface area contributed by atoms with Crippen molar-refractivity contribution in [2.45, 2.75) is 0 Å². The molecule has 2 aromatic rings. The number of hydrogen-bond donors (Lipinski definition) is 1. The number of ether oxygens (including phenoxy) is 2. The summed E-state index contributed by atoms with van der Waals surface area (Å²) in [6, 6.07) is 10.2. The van der Waals surface area contributed by atoms with Crippen LogP contribution in [0.25, 0.3) is 0 Å². The first kappa shape index (κ1) is 17.8. The van der Waals surface area contributed by atoms with Crippen molar-refractivity contribution in [2.24, 2.45) is 0 Å². The fourth-order valence-corrected chi connectivity index (χ4v) is 2.15. The first-order valence-corrected chi connectivity index (χ1v) is 7.47. The maximum Gasteiger partial charge on any atom is 0.411 e. The van der Waals surface area contributed by atoms with Gasteiger partial charge in [0.2, 0.25) is 0 Å². The summed E-state index contributed by atoms with van der Waals surface area (Å²) in [5.41, 5.74) is 0.347. The largest absolute Gasteiger partial charge is 0.490 e. The molecule has 1 amide bonds. The van der Waals surface area contributed by atoms with Crippen LogP contribution in [0.3, 0.4) is 0 Å². The molecular formula is C15H12Cl2N2O5. The Bertz CT molecular complexity index is 737. The van der Waals surface area contributed by atoms with E-state index >= 15 is 0 Å². The summed E-state index contributed by atoms with van der Waals surface area (Å²) < 4.78 is 10.2. The van der Waals surface area contributed by atoms with Gasteiger partial charge in [0, 0.05) is 17.2 Å². The van der Waals surface area contributed by atoms with Crippen LogP contribution >= 0.6 is 23.2 Å². The van der Waals surface area contributed by atoms with Gasteiger partial charge in [-0.15, -0.1) is 0 Å². The lowest BCUT2D eigenvalue weighted by molar-refractivity contribution is -0.384. The maximum atomic E-state index is 11.6. The van der Waals surface area contributed by atoms with Crippen molar-refractivity contribution < 1.29 is 19.2 Å². The molecule has 0 atom stereocenters. The van der Waals surface area contributed by atoms with Crippen LogP contribution in [0.1, 0.15) is 0 Å². The normalized spacial score (nSPS) is 10.1. The summed E-state index contributed by atoms with van der Waals surface area (Å²) >= 11 is 11.7. The summed E-state index contributed by atoms with van der Waals surface area (Å²) in [5, 5.41) is 13.7. The lowest BCUT2D eigenvalue weighted by Gasteiger charge is -2.09. The number of nitrogens with zero attached hydrogens (tertiary/aromatic N) is 1. The molecule has 0 saturated carbocycles. The number of hydrogen-bond acceptors (Lipinski definition) is 5. The van der Waals surface area contributed by atoms with Gasteiger partial charge in [-0.05, 0) is 30.3 Å². The summed E-state index contributed by atoms with van der Waals surface area (Å²) in [5.74, 6) is 0.436. The zero-order valence-electron chi connectivity index (χ0n) is 12.2. The minimum atomic E-state index is -0.688. The Balaban J connectivity index is 1.73. The Hall–Kier alpha value is -2.51. The van der Waals surface area contributed by atoms with Crippen LogP contribution < -0.4 is 10.1 Å². The number of benzene rings is 2. The minimum absolute atomic E-state index is 0.00592. The van der Waals surface area contributed by atoms with Crippen molar-refractivity contribution in [1.82, 2.24) is 0 Å².